The van der Waals surface area contributed by atoms with Gasteiger partial charge in [0.1, 0.15) is 11.8 Å². The summed E-state index contributed by atoms with van der Waals surface area (Å²) >= 11 is 0. The third-order valence-corrected chi connectivity index (χ3v) is 7.36. The smallest absolute Gasteiger partial charge is 0.257 e. The summed E-state index contributed by atoms with van der Waals surface area (Å²) in [6.07, 6.45) is 0.192. The Kier molecular flexibility index (Phi) is 7.94. The third-order valence-electron chi connectivity index (χ3n) is 6.43. The number of ether oxygens (including phenoxy) is 1. The van der Waals surface area contributed by atoms with Gasteiger partial charge in [-0.15, -0.1) is 0 Å². The standard InChI is InChI=1S/C28H29N3O6S/c1-3-37-22-12-10-21(11-13-22)31-26(32)18-25(28(31)34)30(27(33)24-7-5-4-6-19(24)2)17-16-20-8-14-23(15-9-20)38(29,35)36/h4-15,25H,3,16-18H2,1-2H3,(H2,29,35,36). The molecule has 2 N–H and O–H groups in total. The normalized spacial score (nSPS) is 15.6. The van der Waals surface area contributed by atoms with Crippen LogP contribution in [0.5, 0.6) is 5.75 Å². The van der Waals surface area contributed by atoms with Gasteiger partial charge in [0.2, 0.25) is 15.9 Å². The maximum Gasteiger partial charge on any atom is 0.257 e. The Morgan fingerprint density at radius 3 is 2.29 bits per heavy atom. The van der Waals surface area contributed by atoms with Gasteiger partial charge in [0, 0.05) is 12.1 Å². The summed E-state index contributed by atoms with van der Waals surface area (Å²) in [4.78, 5) is 42.8. The van der Waals surface area contributed by atoms with Crippen LogP contribution in [0.3, 0.4) is 0 Å². The predicted molar refractivity (Wildman–Crippen MR) is 142 cm³/mol. The second-order valence-electron chi connectivity index (χ2n) is 8.97. The molecular formula is C28H29N3O6S. The highest BCUT2D eigenvalue weighted by Crippen LogP contribution is 2.29. The van der Waals surface area contributed by atoms with Gasteiger partial charge >= 0.3 is 0 Å². The molecule has 1 aliphatic heterocycles. The second-order valence-corrected chi connectivity index (χ2v) is 10.5. The first-order valence-corrected chi connectivity index (χ1v) is 13.7. The van der Waals surface area contributed by atoms with Crippen LogP contribution in [0.2, 0.25) is 0 Å². The molecule has 1 unspecified atom stereocenters. The summed E-state index contributed by atoms with van der Waals surface area (Å²) < 4.78 is 28.6. The van der Waals surface area contributed by atoms with Crippen molar-refractivity contribution in [3.05, 3.63) is 89.5 Å². The van der Waals surface area contributed by atoms with Crippen molar-refractivity contribution >= 4 is 33.4 Å². The summed E-state index contributed by atoms with van der Waals surface area (Å²) in [6.45, 7) is 4.30. The lowest BCUT2D eigenvalue weighted by atomic mass is 10.0. The lowest BCUT2D eigenvalue weighted by molar-refractivity contribution is -0.122. The van der Waals surface area contributed by atoms with Crippen LogP contribution in [0.25, 0.3) is 0 Å². The molecular weight excluding hydrogens is 506 g/mol. The first-order valence-electron chi connectivity index (χ1n) is 12.2. The quantitative estimate of drug-likeness (QED) is 0.420. The molecule has 38 heavy (non-hydrogen) atoms. The largest absolute Gasteiger partial charge is 0.494 e. The summed E-state index contributed by atoms with van der Waals surface area (Å²) in [5.41, 5.74) is 2.35. The molecule has 0 saturated carbocycles. The van der Waals surface area contributed by atoms with Gasteiger partial charge in [0.05, 0.1) is 23.6 Å². The molecule has 0 bridgehead atoms. The minimum atomic E-state index is -3.83. The monoisotopic (exact) mass is 535 g/mol. The molecule has 0 aliphatic carbocycles. The van der Waals surface area contributed by atoms with Crippen molar-refractivity contribution in [2.24, 2.45) is 5.14 Å². The Balaban J connectivity index is 1.62. The first kappa shape index (κ1) is 27.0. The number of hydrogen-bond acceptors (Lipinski definition) is 6. The van der Waals surface area contributed by atoms with Crippen molar-refractivity contribution in [2.75, 3.05) is 18.1 Å². The van der Waals surface area contributed by atoms with Crippen molar-refractivity contribution in [1.29, 1.82) is 0 Å². The first-order chi connectivity index (χ1) is 18.1. The van der Waals surface area contributed by atoms with E-state index in [1.165, 1.54) is 17.0 Å². The molecule has 4 rings (SSSR count). The highest BCUT2D eigenvalue weighted by molar-refractivity contribution is 7.89. The third kappa shape index (κ3) is 5.76. The number of hydrogen-bond donors (Lipinski definition) is 1. The molecule has 1 saturated heterocycles. The molecule has 1 aliphatic rings. The predicted octanol–water partition coefficient (Wildman–Crippen LogP) is 3.06. The molecule has 1 atom stereocenters. The van der Waals surface area contributed by atoms with E-state index in [-0.39, 0.29) is 23.8 Å². The SMILES string of the molecule is CCOc1ccc(N2C(=O)CC(N(CCc3ccc(S(N)(=O)=O)cc3)C(=O)c3ccccc3C)C2=O)cc1. The van der Waals surface area contributed by atoms with E-state index in [1.807, 2.05) is 26.0 Å². The number of amides is 3. The van der Waals surface area contributed by atoms with Gasteiger partial charge in [-0.3, -0.25) is 14.4 Å². The van der Waals surface area contributed by atoms with Crippen molar-refractivity contribution in [3.8, 4) is 5.75 Å². The average Bonchev–Trinajstić information content (AvgIpc) is 3.18. The number of sulfonamides is 1. The van der Waals surface area contributed by atoms with Crippen LogP contribution in [0.1, 0.15) is 34.8 Å². The van der Waals surface area contributed by atoms with Gasteiger partial charge in [-0.1, -0.05) is 30.3 Å². The molecule has 1 heterocycles. The number of nitrogens with zero attached hydrogens (tertiary/aromatic N) is 2. The van der Waals surface area contributed by atoms with Crippen molar-refractivity contribution in [1.82, 2.24) is 4.90 Å². The van der Waals surface area contributed by atoms with Gasteiger partial charge < -0.3 is 9.64 Å². The number of primary sulfonamides is 1. The lowest BCUT2D eigenvalue weighted by Gasteiger charge is -2.28. The van der Waals surface area contributed by atoms with Gasteiger partial charge in [-0.2, -0.15) is 0 Å². The number of anilines is 1. The second kappa shape index (κ2) is 11.2. The van der Waals surface area contributed by atoms with E-state index < -0.39 is 27.9 Å². The molecule has 1 fully saturated rings. The van der Waals surface area contributed by atoms with Gasteiger partial charge in [-0.05, 0) is 73.9 Å². The van der Waals surface area contributed by atoms with E-state index in [0.29, 0.717) is 30.0 Å². The molecule has 198 valence electrons. The van der Waals surface area contributed by atoms with Crippen LogP contribution < -0.4 is 14.8 Å². The lowest BCUT2D eigenvalue weighted by Crippen LogP contribution is -2.46. The Bertz CT molecular complexity index is 1450. The topological polar surface area (TPSA) is 127 Å². The van der Waals surface area contributed by atoms with Gasteiger partial charge in [-0.25, -0.2) is 18.5 Å². The Labute approximate surface area is 221 Å². The van der Waals surface area contributed by atoms with E-state index in [2.05, 4.69) is 0 Å². The van der Waals surface area contributed by atoms with Crippen molar-refractivity contribution < 1.29 is 27.5 Å². The fourth-order valence-corrected chi connectivity index (χ4v) is 4.97. The molecule has 9 nitrogen and oxygen atoms in total. The van der Waals surface area contributed by atoms with Crippen molar-refractivity contribution in [2.45, 2.75) is 37.6 Å². The Morgan fingerprint density at radius 2 is 1.68 bits per heavy atom. The van der Waals surface area contributed by atoms with Crippen LogP contribution in [0, 0.1) is 6.92 Å². The molecule has 10 heteroatoms. The number of nitrogens with two attached hydrogens (primary N) is 1. The van der Waals surface area contributed by atoms with Crippen LogP contribution in [-0.4, -0.2) is 50.2 Å². The average molecular weight is 536 g/mol. The number of imide groups is 1. The van der Waals surface area contributed by atoms with Crippen LogP contribution in [0.4, 0.5) is 5.69 Å². The van der Waals surface area contributed by atoms with Crippen molar-refractivity contribution in [3.63, 3.8) is 0 Å². The van der Waals surface area contributed by atoms with E-state index >= 15 is 0 Å². The van der Waals surface area contributed by atoms with E-state index in [0.717, 1.165) is 16.0 Å². The Morgan fingerprint density at radius 1 is 1.03 bits per heavy atom. The molecule has 0 spiro atoms. The summed E-state index contributed by atoms with van der Waals surface area (Å²) in [7, 11) is -3.83. The van der Waals surface area contributed by atoms with E-state index in [4.69, 9.17) is 9.88 Å². The number of benzene rings is 3. The maximum absolute atomic E-state index is 13.7. The summed E-state index contributed by atoms with van der Waals surface area (Å²) in [5, 5.41) is 5.18. The summed E-state index contributed by atoms with van der Waals surface area (Å²) in [5.74, 6) is -0.615. The van der Waals surface area contributed by atoms with Crippen LogP contribution in [-0.2, 0) is 26.0 Å². The number of rotatable bonds is 9. The molecule has 3 aromatic rings. The maximum atomic E-state index is 13.7. The summed E-state index contributed by atoms with van der Waals surface area (Å²) in [6, 6.07) is 18.8. The highest BCUT2D eigenvalue weighted by atomic mass is 32.2. The fourth-order valence-electron chi connectivity index (χ4n) is 4.45. The van der Waals surface area contributed by atoms with Gasteiger partial charge in [0.25, 0.3) is 11.8 Å². The van der Waals surface area contributed by atoms with Crippen LogP contribution >= 0.6 is 0 Å². The van der Waals surface area contributed by atoms with E-state index in [1.54, 1.807) is 48.5 Å². The van der Waals surface area contributed by atoms with Crippen LogP contribution in [0.15, 0.2) is 77.7 Å². The zero-order chi connectivity index (χ0) is 27.4. The molecule has 3 aromatic carbocycles. The minimum Gasteiger partial charge on any atom is -0.494 e. The fraction of sp³-hybridized carbons (Fsp3) is 0.250. The highest BCUT2D eigenvalue weighted by Gasteiger charge is 2.44. The molecule has 3 amide bonds. The zero-order valence-corrected chi connectivity index (χ0v) is 22.0. The number of carbonyl (C=O) groups is 3. The zero-order valence-electron chi connectivity index (χ0n) is 21.2. The minimum absolute atomic E-state index is 0.0170. The van der Waals surface area contributed by atoms with E-state index in [9.17, 15) is 22.8 Å². The number of aryl methyl sites for hydroxylation is 1. The molecule has 0 radical (unpaired) electrons. The Hall–Kier alpha value is -4.02. The molecule has 0 aromatic heterocycles. The van der Waals surface area contributed by atoms with Gasteiger partial charge in [0.15, 0.2) is 0 Å². The number of carbonyl (C=O) groups excluding carboxylic acids is 3.